The molecule has 0 radical (unpaired) electrons. The Labute approximate surface area is 77.7 Å². The molecule has 0 spiro atoms. The highest BCUT2D eigenvalue weighted by Crippen LogP contribution is 2.10. The molecule has 68 valence electrons. The molecule has 1 atom stereocenters. The third-order valence-electron chi connectivity index (χ3n) is 1.88. The molecule has 0 aromatic carbocycles. The molecular formula is C8H14ClN3. The Morgan fingerprint density at radius 3 is 2.83 bits per heavy atom. The fourth-order valence-corrected chi connectivity index (χ4v) is 1.18. The van der Waals surface area contributed by atoms with E-state index in [1.807, 2.05) is 20.2 Å². The number of rotatable bonds is 3. The monoisotopic (exact) mass is 187 g/mol. The third-order valence-corrected chi connectivity index (χ3v) is 2.24. The number of halogens is 1. The minimum absolute atomic E-state index is 0.441. The first-order valence-electron chi connectivity index (χ1n) is 3.99. The van der Waals surface area contributed by atoms with Crippen molar-refractivity contribution in [2.45, 2.75) is 19.4 Å². The fourth-order valence-electron chi connectivity index (χ4n) is 1.02. The second-order valence-corrected chi connectivity index (χ2v) is 3.36. The van der Waals surface area contributed by atoms with E-state index in [0.29, 0.717) is 11.2 Å². The maximum absolute atomic E-state index is 5.84. The van der Waals surface area contributed by atoms with Gasteiger partial charge in [-0.05, 0) is 20.0 Å². The highest BCUT2D eigenvalue weighted by atomic mass is 35.5. The summed E-state index contributed by atoms with van der Waals surface area (Å²) in [5, 5.41) is 8.08. The highest BCUT2D eigenvalue weighted by Gasteiger charge is 2.05. The SMILES string of the molecule is CNC(C)Cc1cc(Cl)n(C)n1. The molecule has 0 amide bonds. The van der Waals surface area contributed by atoms with E-state index < -0.39 is 0 Å². The van der Waals surface area contributed by atoms with Crippen LogP contribution in [0.25, 0.3) is 0 Å². The van der Waals surface area contributed by atoms with Crippen LogP contribution in [-0.4, -0.2) is 22.9 Å². The Hall–Kier alpha value is -0.540. The van der Waals surface area contributed by atoms with Gasteiger partial charge in [-0.1, -0.05) is 11.6 Å². The standard InChI is InChI=1S/C8H14ClN3/c1-6(10-2)4-7-5-8(9)12(3)11-7/h5-6,10H,4H2,1-3H3. The lowest BCUT2D eigenvalue weighted by atomic mass is 10.2. The maximum atomic E-state index is 5.84. The normalized spacial score (nSPS) is 13.3. The molecular weight excluding hydrogens is 174 g/mol. The van der Waals surface area contributed by atoms with Crippen molar-refractivity contribution in [1.29, 1.82) is 0 Å². The lowest BCUT2D eigenvalue weighted by molar-refractivity contribution is 0.592. The van der Waals surface area contributed by atoms with Gasteiger partial charge < -0.3 is 5.32 Å². The zero-order chi connectivity index (χ0) is 9.14. The molecule has 3 nitrogen and oxygen atoms in total. The van der Waals surface area contributed by atoms with Crippen LogP contribution in [0.4, 0.5) is 0 Å². The van der Waals surface area contributed by atoms with Crippen LogP contribution >= 0.6 is 11.6 Å². The molecule has 0 saturated heterocycles. The van der Waals surface area contributed by atoms with Crippen LogP contribution < -0.4 is 5.32 Å². The second kappa shape index (κ2) is 3.92. The third kappa shape index (κ3) is 2.22. The van der Waals surface area contributed by atoms with Gasteiger partial charge in [-0.3, -0.25) is 4.68 Å². The molecule has 0 aliphatic carbocycles. The molecule has 1 unspecified atom stereocenters. The van der Waals surface area contributed by atoms with Crippen molar-refractivity contribution >= 4 is 11.6 Å². The lowest BCUT2D eigenvalue weighted by Crippen LogP contribution is -2.23. The number of aromatic nitrogens is 2. The summed E-state index contributed by atoms with van der Waals surface area (Å²) in [6, 6.07) is 2.34. The maximum Gasteiger partial charge on any atom is 0.126 e. The van der Waals surface area contributed by atoms with Crippen LogP contribution in [0.15, 0.2) is 6.07 Å². The lowest BCUT2D eigenvalue weighted by Gasteiger charge is -2.06. The van der Waals surface area contributed by atoms with Crippen molar-refractivity contribution in [2.24, 2.45) is 7.05 Å². The topological polar surface area (TPSA) is 29.9 Å². The minimum atomic E-state index is 0.441. The van der Waals surface area contributed by atoms with E-state index in [9.17, 15) is 0 Å². The smallest absolute Gasteiger partial charge is 0.126 e. The first-order chi connectivity index (χ1) is 5.63. The van der Waals surface area contributed by atoms with Gasteiger partial charge in [0.15, 0.2) is 0 Å². The molecule has 4 heteroatoms. The number of nitrogens with zero attached hydrogens (tertiary/aromatic N) is 2. The van der Waals surface area contributed by atoms with Crippen molar-refractivity contribution in [3.63, 3.8) is 0 Å². The summed E-state index contributed by atoms with van der Waals surface area (Å²) >= 11 is 5.84. The zero-order valence-corrected chi connectivity index (χ0v) is 8.39. The number of likely N-dealkylation sites (N-methyl/N-ethyl adjacent to an activating group) is 1. The Kier molecular flexibility index (Phi) is 3.12. The Morgan fingerprint density at radius 1 is 1.75 bits per heavy atom. The van der Waals surface area contributed by atoms with Gasteiger partial charge >= 0.3 is 0 Å². The highest BCUT2D eigenvalue weighted by molar-refractivity contribution is 6.29. The summed E-state index contributed by atoms with van der Waals surface area (Å²) in [6.45, 7) is 2.11. The van der Waals surface area contributed by atoms with Gasteiger partial charge in [-0.25, -0.2) is 0 Å². The van der Waals surface area contributed by atoms with Crippen molar-refractivity contribution < 1.29 is 0 Å². The molecule has 0 bridgehead atoms. The van der Waals surface area contributed by atoms with Gasteiger partial charge in [0.05, 0.1) is 5.69 Å². The minimum Gasteiger partial charge on any atom is -0.317 e. The molecule has 1 heterocycles. The van der Waals surface area contributed by atoms with Crippen molar-refractivity contribution in [3.8, 4) is 0 Å². The first-order valence-corrected chi connectivity index (χ1v) is 4.37. The van der Waals surface area contributed by atoms with Crippen molar-refractivity contribution in [2.75, 3.05) is 7.05 Å². The number of hydrogen-bond acceptors (Lipinski definition) is 2. The molecule has 0 aliphatic rings. The summed E-state index contributed by atoms with van der Waals surface area (Å²) in [6.07, 6.45) is 0.914. The summed E-state index contributed by atoms with van der Waals surface area (Å²) in [4.78, 5) is 0. The van der Waals surface area contributed by atoms with Gasteiger partial charge in [0.2, 0.25) is 0 Å². The second-order valence-electron chi connectivity index (χ2n) is 2.98. The predicted molar refractivity (Wildman–Crippen MR) is 50.4 cm³/mol. The molecule has 1 aromatic rings. The predicted octanol–water partition coefficient (Wildman–Crippen LogP) is 1.22. The molecule has 1 rings (SSSR count). The van der Waals surface area contributed by atoms with Crippen LogP contribution in [0.3, 0.4) is 0 Å². The summed E-state index contributed by atoms with van der Waals surface area (Å²) in [5.74, 6) is 0. The number of aryl methyl sites for hydroxylation is 1. The van der Waals surface area contributed by atoms with Gasteiger partial charge in [0.1, 0.15) is 5.15 Å². The summed E-state index contributed by atoms with van der Waals surface area (Å²) < 4.78 is 1.68. The molecule has 0 aliphatic heterocycles. The Balaban J connectivity index is 2.64. The van der Waals surface area contributed by atoms with E-state index in [2.05, 4.69) is 17.3 Å². The van der Waals surface area contributed by atoms with Crippen LogP contribution in [0.1, 0.15) is 12.6 Å². The molecule has 0 fully saturated rings. The van der Waals surface area contributed by atoms with Crippen LogP contribution in [-0.2, 0) is 13.5 Å². The average molecular weight is 188 g/mol. The summed E-state index contributed by atoms with van der Waals surface area (Å²) in [5.41, 5.74) is 1.03. The van der Waals surface area contributed by atoms with Gasteiger partial charge in [-0.2, -0.15) is 5.10 Å². The number of hydrogen-bond donors (Lipinski definition) is 1. The largest absolute Gasteiger partial charge is 0.317 e. The summed E-state index contributed by atoms with van der Waals surface area (Å²) in [7, 11) is 3.78. The molecule has 12 heavy (non-hydrogen) atoms. The van der Waals surface area contributed by atoms with E-state index in [1.165, 1.54) is 0 Å². The molecule has 1 aromatic heterocycles. The van der Waals surface area contributed by atoms with E-state index in [0.717, 1.165) is 12.1 Å². The first kappa shape index (κ1) is 9.55. The van der Waals surface area contributed by atoms with Gasteiger partial charge in [-0.15, -0.1) is 0 Å². The van der Waals surface area contributed by atoms with Gasteiger partial charge in [0, 0.05) is 19.5 Å². The van der Waals surface area contributed by atoms with Gasteiger partial charge in [0.25, 0.3) is 0 Å². The van der Waals surface area contributed by atoms with E-state index in [4.69, 9.17) is 11.6 Å². The quantitative estimate of drug-likeness (QED) is 0.772. The molecule has 0 saturated carbocycles. The zero-order valence-electron chi connectivity index (χ0n) is 7.63. The molecule has 1 N–H and O–H groups in total. The Morgan fingerprint density at radius 2 is 2.42 bits per heavy atom. The van der Waals surface area contributed by atoms with Crippen LogP contribution in [0.2, 0.25) is 5.15 Å². The van der Waals surface area contributed by atoms with Crippen LogP contribution in [0, 0.1) is 0 Å². The average Bonchev–Trinajstić information content (AvgIpc) is 2.31. The van der Waals surface area contributed by atoms with E-state index >= 15 is 0 Å². The van der Waals surface area contributed by atoms with Crippen molar-refractivity contribution in [3.05, 3.63) is 16.9 Å². The van der Waals surface area contributed by atoms with E-state index in [-0.39, 0.29) is 0 Å². The fraction of sp³-hybridized carbons (Fsp3) is 0.625. The van der Waals surface area contributed by atoms with E-state index in [1.54, 1.807) is 4.68 Å². The van der Waals surface area contributed by atoms with Crippen LogP contribution in [0.5, 0.6) is 0 Å². The van der Waals surface area contributed by atoms with Crippen molar-refractivity contribution in [1.82, 2.24) is 15.1 Å². The number of nitrogens with one attached hydrogen (secondary N) is 1. The Bertz CT molecular complexity index is 237.